The molecule has 0 heterocycles. The van der Waals surface area contributed by atoms with E-state index in [1.807, 2.05) is 0 Å². The summed E-state index contributed by atoms with van der Waals surface area (Å²) >= 11 is 0. The van der Waals surface area contributed by atoms with Crippen LogP contribution < -0.4 is 0 Å². The fraction of sp³-hybridized carbons (Fsp3) is 0.625. The second-order valence-corrected chi connectivity index (χ2v) is 4.97. The summed E-state index contributed by atoms with van der Waals surface area (Å²) in [5.74, 6) is 1.52. The Hall–Kier alpha value is -0.780. The van der Waals surface area contributed by atoms with Crippen LogP contribution in [0, 0.1) is 11.8 Å². The average Bonchev–Trinajstić information content (AvgIpc) is 2.46. The zero-order chi connectivity index (χ0) is 12.0. The molecule has 0 bridgehead atoms. The fourth-order valence-corrected chi connectivity index (χ4v) is 2.70. The normalized spacial score (nSPS) is 23.9. The Morgan fingerprint density at radius 1 is 1.56 bits per heavy atom. The number of hydrogen-bond donors (Lipinski definition) is 0. The summed E-state index contributed by atoms with van der Waals surface area (Å²) in [6, 6.07) is 0. The highest BCUT2D eigenvalue weighted by molar-refractivity contribution is 5.17. The van der Waals surface area contributed by atoms with Crippen LogP contribution in [0.1, 0.15) is 53.4 Å². The molecule has 0 radical (unpaired) electrons. The maximum Gasteiger partial charge on any atom is -0.0194 e. The molecule has 0 spiro atoms. The SMILES string of the molecule is CC=C(CC)C(C)CC1CCC=CC=C1C. The van der Waals surface area contributed by atoms with Crippen LogP contribution in [0.4, 0.5) is 0 Å². The van der Waals surface area contributed by atoms with Gasteiger partial charge in [-0.2, -0.15) is 0 Å². The molecule has 90 valence electrons. The molecule has 0 aromatic carbocycles. The average molecular weight is 218 g/mol. The van der Waals surface area contributed by atoms with Crippen LogP contribution in [0.3, 0.4) is 0 Å². The molecule has 0 N–H and O–H groups in total. The third-order valence-corrected chi connectivity index (χ3v) is 3.87. The zero-order valence-electron chi connectivity index (χ0n) is 11.3. The van der Waals surface area contributed by atoms with Gasteiger partial charge in [-0.05, 0) is 51.4 Å². The third kappa shape index (κ3) is 3.66. The van der Waals surface area contributed by atoms with E-state index in [2.05, 4.69) is 52.0 Å². The van der Waals surface area contributed by atoms with Gasteiger partial charge in [0, 0.05) is 0 Å². The van der Waals surface area contributed by atoms with Gasteiger partial charge in [0.25, 0.3) is 0 Å². The van der Waals surface area contributed by atoms with E-state index in [0.717, 1.165) is 11.8 Å². The van der Waals surface area contributed by atoms with Gasteiger partial charge in [0.1, 0.15) is 0 Å². The number of rotatable bonds is 4. The van der Waals surface area contributed by atoms with Crippen molar-refractivity contribution in [2.75, 3.05) is 0 Å². The standard InChI is InChI=1S/C16H26/c1-5-15(6-2)14(4)12-16-11-9-7-8-10-13(16)3/h5,7-8,10,14,16H,6,9,11-12H2,1-4H3. The van der Waals surface area contributed by atoms with Gasteiger partial charge in [-0.1, -0.05) is 49.3 Å². The lowest BCUT2D eigenvalue weighted by molar-refractivity contribution is 0.446. The third-order valence-electron chi connectivity index (χ3n) is 3.87. The van der Waals surface area contributed by atoms with E-state index in [1.54, 1.807) is 11.1 Å². The summed E-state index contributed by atoms with van der Waals surface area (Å²) in [5.41, 5.74) is 3.18. The molecule has 0 amide bonds. The minimum absolute atomic E-state index is 0.737. The molecule has 0 saturated carbocycles. The van der Waals surface area contributed by atoms with E-state index in [9.17, 15) is 0 Å². The Morgan fingerprint density at radius 3 is 2.94 bits per heavy atom. The smallest absolute Gasteiger partial charge is 0.0194 e. The second-order valence-electron chi connectivity index (χ2n) is 4.97. The predicted octanol–water partition coefficient (Wildman–Crippen LogP) is 5.28. The monoisotopic (exact) mass is 218 g/mol. The Bertz CT molecular complexity index is 291. The van der Waals surface area contributed by atoms with E-state index in [0.29, 0.717) is 0 Å². The molecule has 0 saturated heterocycles. The first-order valence-electron chi connectivity index (χ1n) is 6.67. The Kier molecular flexibility index (Phi) is 5.59. The van der Waals surface area contributed by atoms with E-state index >= 15 is 0 Å². The highest BCUT2D eigenvalue weighted by Gasteiger charge is 2.16. The molecule has 1 aliphatic carbocycles. The lowest BCUT2D eigenvalue weighted by atomic mass is 9.83. The van der Waals surface area contributed by atoms with Crippen LogP contribution in [0.5, 0.6) is 0 Å². The Morgan fingerprint density at radius 2 is 2.31 bits per heavy atom. The molecule has 0 aromatic heterocycles. The minimum atomic E-state index is 0.737. The maximum atomic E-state index is 2.38. The molecule has 0 heteroatoms. The lowest BCUT2D eigenvalue weighted by Gasteiger charge is -2.22. The Balaban J connectivity index is 2.59. The van der Waals surface area contributed by atoms with E-state index < -0.39 is 0 Å². The molecule has 16 heavy (non-hydrogen) atoms. The van der Waals surface area contributed by atoms with Crippen molar-refractivity contribution in [3.05, 3.63) is 35.5 Å². The van der Waals surface area contributed by atoms with Crippen molar-refractivity contribution < 1.29 is 0 Å². The van der Waals surface area contributed by atoms with Crippen molar-refractivity contribution in [1.29, 1.82) is 0 Å². The molecule has 0 aliphatic heterocycles. The van der Waals surface area contributed by atoms with Gasteiger partial charge in [-0.3, -0.25) is 0 Å². The van der Waals surface area contributed by atoms with Crippen LogP contribution in [-0.4, -0.2) is 0 Å². The van der Waals surface area contributed by atoms with Gasteiger partial charge in [-0.25, -0.2) is 0 Å². The first-order chi connectivity index (χ1) is 7.69. The van der Waals surface area contributed by atoms with Crippen molar-refractivity contribution in [3.8, 4) is 0 Å². The highest BCUT2D eigenvalue weighted by atomic mass is 14.2. The summed E-state index contributed by atoms with van der Waals surface area (Å²) < 4.78 is 0. The zero-order valence-corrected chi connectivity index (χ0v) is 11.3. The van der Waals surface area contributed by atoms with Gasteiger partial charge in [-0.15, -0.1) is 0 Å². The van der Waals surface area contributed by atoms with Gasteiger partial charge in [0.15, 0.2) is 0 Å². The highest BCUT2D eigenvalue weighted by Crippen LogP contribution is 2.30. The van der Waals surface area contributed by atoms with Gasteiger partial charge < -0.3 is 0 Å². The van der Waals surface area contributed by atoms with E-state index in [4.69, 9.17) is 0 Å². The van der Waals surface area contributed by atoms with Gasteiger partial charge in [0.2, 0.25) is 0 Å². The molecule has 1 aliphatic rings. The minimum Gasteiger partial charge on any atom is -0.0882 e. The van der Waals surface area contributed by atoms with E-state index in [-0.39, 0.29) is 0 Å². The second kappa shape index (κ2) is 6.73. The summed E-state index contributed by atoms with van der Waals surface area (Å²) in [6.07, 6.45) is 14.2. The quantitative estimate of drug-likeness (QED) is 0.563. The van der Waals surface area contributed by atoms with Crippen molar-refractivity contribution in [1.82, 2.24) is 0 Å². The molecule has 0 aromatic rings. The Labute approximate surface area is 101 Å². The molecular formula is C16H26. The number of allylic oxidation sites excluding steroid dienone is 6. The lowest BCUT2D eigenvalue weighted by Crippen LogP contribution is -2.09. The molecule has 1 rings (SSSR count). The first kappa shape index (κ1) is 13.3. The van der Waals surface area contributed by atoms with Gasteiger partial charge in [0.05, 0.1) is 0 Å². The van der Waals surface area contributed by atoms with Crippen LogP contribution in [0.15, 0.2) is 35.5 Å². The van der Waals surface area contributed by atoms with E-state index in [1.165, 1.54) is 25.7 Å². The van der Waals surface area contributed by atoms with Crippen molar-refractivity contribution in [2.45, 2.75) is 53.4 Å². The summed E-state index contributed by atoms with van der Waals surface area (Å²) in [4.78, 5) is 0. The fourth-order valence-electron chi connectivity index (χ4n) is 2.70. The van der Waals surface area contributed by atoms with Crippen LogP contribution >= 0.6 is 0 Å². The largest absolute Gasteiger partial charge is 0.0882 e. The van der Waals surface area contributed by atoms with Crippen molar-refractivity contribution >= 4 is 0 Å². The maximum absolute atomic E-state index is 2.38. The van der Waals surface area contributed by atoms with Crippen LogP contribution in [0.2, 0.25) is 0 Å². The summed E-state index contributed by atoms with van der Waals surface area (Å²) in [7, 11) is 0. The summed E-state index contributed by atoms with van der Waals surface area (Å²) in [5, 5.41) is 0. The van der Waals surface area contributed by atoms with Crippen molar-refractivity contribution in [2.24, 2.45) is 11.8 Å². The summed E-state index contributed by atoms with van der Waals surface area (Å²) in [6.45, 7) is 9.11. The molecule has 0 nitrogen and oxygen atoms in total. The number of hydrogen-bond acceptors (Lipinski definition) is 0. The van der Waals surface area contributed by atoms with Crippen LogP contribution in [0.25, 0.3) is 0 Å². The molecule has 2 atom stereocenters. The first-order valence-corrected chi connectivity index (χ1v) is 6.67. The molecule has 0 fully saturated rings. The predicted molar refractivity (Wildman–Crippen MR) is 73.5 cm³/mol. The molecule has 2 unspecified atom stereocenters. The topological polar surface area (TPSA) is 0 Å². The van der Waals surface area contributed by atoms with Gasteiger partial charge >= 0.3 is 0 Å². The van der Waals surface area contributed by atoms with Crippen molar-refractivity contribution in [3.63, 3.8) is 0 Å². The molecular weight excluding hydrogens is 192 g/mol. The van der Waals surface area contributed by atoms with Crippen LogP contribution in [-0.2, 0) is 0 Å².